The summed E-state index contributed by atoms with van der Waals surface area (Å²) in [5.74, 6) is 0. The molecule has 0 saturated heterocycles. The Hall–Kier alpha value is 0.140. The molecule has 2 atom stereocenters. The molecule has 0 heterocycles. The number of hydrogen-bond donors (Lipinski definition) is 0. The highest BCUT2D eigenvalue weighted by Crippen LogP contribution is 2.28. The van der Waals surface area contributed by atoms with Crippen molar-refractivity contribution in [2.45, 2.75) is 43.2 Å². The summed E-state index contributed by atoms with van der Waals surface area (Å²) in [6, 6.07) is 8.25. The van der Waals surface area contributed by atoms with Crippen LogP contribution in [0.4, 0.5) is 0 Å². The number of hydrogen-bond acceptors (Lipinski definition) is 1. The first kappa shape index (κ1) is 12.6. The van der Waals surface area contributed by atoms with Crippen LogP contribution >= 0.6 is 31.9 Å². The highest BCUT2D eigenvalue weighted by molar-refractivity contribution is 9.10. The molecule has 0 aliphatic heterocycles. The van der Waals surface area contributed by atoms with Gasteiger partial charge in [-0.05, 0) is 24.5 Å². The summed E-state index contributed by atoms with van der Waals surface area (Å²) in [6.45, 7) is 0.703. The zero-order chi connectivity index (χ0) is 11.4. The highest BCUT2D eigenvalue weighted by atomic mass is 79.9. The second-order valence-electron chi connectivity index (χ2n) is 4.24. The van der Waals surface area contributed by atoms with Crippen LogP contribution in [0, 0.1) is 0 Å². The zero-order valence-corrected chi connectivity index (χ0v) is 12.3. The molecule has 1 aliphatic carbocycles. The van der Waals surface area contributed by atoms with Gasteiger partial charge in [-0.2, -0.15) is 0 Å². The van der Waals surface area contributed by atoms with Crippen molar-refractivity contribution in [2.24, 2.45) is 0 Å². The molecule has 1 aliphatic rings. The first-order chi connectivity index (χ1) is 7.77. The van der Waals surface area contributed by atoms with E-state index in [0.29, 0.717) is 17.5 Å². The van der Waals surface area contributed by atoms with Crippen LogP contribution in [0.5, 0.6) is 0 Å². The molecule has 0 radical (unpaired) electrons. The molecule has 1 aromatic rings. The lowest BCUT2D eigenvalue weighted by Gasteiger charge is -2.27. The molecule has 88 valence electrons. The predicted molar refractivity (Wildman–Crippen MR) is 73.9 cm³/mol. The summed E-state index contributed by atoms with van der Waals surface area (Å²) in [4.78, 5) is 0.531. The summed E-state index contributed by atoms with van der Waals surface area (Å²) in [6.07, 6.45) is 5.41. The lowest BCUT2D eigenvalue weighted by atomic mass is 9.97. The van der Waals surface area contributed by atoms with E-state index in [2.05, 4.69) is 50.1 Å². The van der Waals surface area contributed by atoms with E-state index < -0.39 is 0 Å². The average Bonchev–Trinajstić information content (AvgIpc) is 2.30. The Bertz CT molecular complexity index is 340. The second kappa shape index (κ2) is 6.18. The average molecular weight is 348 g/mol. The van der Waals surface area contributed by atoms with E-state index in [4.69, 9.17) is 4.74 Å². The summed E-state index contributed by atoms with van der Waals surface area (Å²) in [5.41, 5.74) is 1.23. The standard InChI is InChI=1S/C13H16Br2O/c14-11-6-2-1-5-10(11)9-16-13-8-4-3-7-12(13)15/h1-2,5-6,12-13H,3-4,7-9H2. The third kappa shape index (κ3) is 3.31. The number of alkyl halides is 1. The Morgan fingerprint density at radius 1 is 1.19 bits per heavy atom. The Labute approximate surface area is 114 Å². The molecular formula is C13H16Br2O. The highest BCUT2D eigenvalue weighted by Gasteiger charge is 2.23. The number of ether oxygens (including phenoxy) is 1. The lowest BCUT2D eigenvalue weighted by molar-refractivity contribution is 0.0224. The first-order valence-corrected chi connectivity index (χ1v) is 7.47. The van der Waals surface area contributed by atoms with Gasteiger partial charge in [0.15, 0.2) is 0 Å². The molecule has 0 bridgehead atoms. The van der Waals surface area contributed by atoms with Gasteiger partial charge in [-0.3, -0.25) is 0 Å². The third-order valence-electron chi connectivity index (χ3n) is 3.03. The molecule has 16 heavy (non-hydrogen) atoms. The van der Waals surface area contributed by atoms with Crippen LogP contribution in [0.2, 0.25) is 0 Å². The topological polar surface area (TPSA) is 9.23 Å². The predicted octanol–water partition coefficient (Wildman–Crippen LogP) is 4.67. The molecule has 2 unspecified atom stereocenters. The van der Waals surface area contributed by atoms with Gasteiger partial charge in [-0.1, -0.05) is 62.9 Å². The third-order valence-corrected chi connectivity index (χ3v) is 4.85. The van der Waals surface area contributed by atoms with Crippen molar-refractivity contribution in [3.05, 3.63) is 34.3 Å². The molecule has 1 saturated carbocycles. The number of benzene rings is 1. The number of halogens is 2. The molecular weight excluding hydrogens is 332 g/mol. The molecule has 2 rings (SSSR count). The van der Waals surface area contributed by atoms with Gasteiger partial charge in [0.1, 0.15) is 0 Å². The Kier molecular flexibility index (Phi) is 4.86. The van der Waals surface area contributed by atoms with E-state index in [1.54, 1.807) is 0 Å². The summed E-state index contributed by atoms with van der Waals surface area (Å²) < 4.78 is 7.12. The maximum atomic E-state index is 5.99. The summed E-state index contributed by atoms with van der Waals surface area (Å²) in [7, 11) is 0. The van der Waals surface area contributed by atoms with Gasteiger partial charge in [0.25, 0.3) is 0 Å². The minimum Gasteiger partial charge on any atom is -0.372 e. The van der Waals surface area contributed by atoms with E-state index >= 15 is 0 Å². The van der Waals surface area contributed by atoms with Gasteiger partial charge in [-0.15, -0.1) is 0 Å². The fourth-order valence-electron chi connectivity index (χ4n) is 2.05. The van der Waals surface area contributed by atoms with Crippen molar-refractivity contribution >= 4 is 31.9 Å². The van der Waals surface area contributed by atoms with Crippen LogP contribution in [-0.4, -0.2) is 10.9 Å². The van der Waals surface area contributed by atoms with E-state index in [1.807, 2.05) is 6.07 Å². The minimum absolute atomic E-state index is 0.376. The second-order valence-corrected chi connectivity index (χ2v) is 6.27. The van der Waals surface area contributed by atoms with Crippen molar-refractivity contribution in [3.63, 3.8) is 0 Å². The minimum atomic E-state index is 0.376. The van der Waals surface area contributed by atoms with Crippen molar-refractivity contribution in [1.29, 1.82) is 0 Å². The maximum Gasteiger partial charge on any atom is 0.0732 e. The monoisotopic (exact) mass is 346 g/mol. The van der Waals surface area contributed by atoms with Gasteiger partial charge in [0.05, 0.1) is 12.7 Å². The fraction of sp³-hybridized carbons (Fsp3) is 0.538. The normalized spacial score (nSPS) is 25.6. The van der Waals surface area contributed by atoms with Crippen LogP contribution in [0.15, 0.2) is 28.7 Å². The molecule has 1 fully saturated rings. The molecule has 0 amide bonds. The molecule has 3 heteroatoms. The molecule has 0 aromatic heterocycles. The molecule has 0 N–H and O–H groups in total. The number of rotatable bonds is 3. The summed E-state index contributed by atoms with van der Waals surface area (Å²) >= 11 is 7.25. The van der Waals surface area contributed by atoms with Gasteiger partial charge in [0, 0.05) is 9.30 Å². The van der Waals surface area contributed by atoms with Crippen molar-refractivity contribution in [2.75, 3.05) is 0 Å². The van der Waals surface area contributed by atoms with Crippen LogP contribution in [0.1, 0.15) is 31.2 Å². The van der Waals surface area contributed by atoms with E-state index in [9.17, 15) is 0 Å². The quantitative estimate of drug-likeness (QED) is 0.722. The van der Waals surface area contributed by atoms with Crippen LogP contribution in [0.25, 0.3) is 0 Å². The van der Waals surface area contributed by atoms with Gasteiger partial charge in [-0.25, -0.2) is 0 Å². The van der Waals surface area contributed by atoms with E-state index in [-0.39, 0.29) is 0 Å². The fourth-order valence-corrected chi connectivity index (χ4v) is 3.19. The van der Waals surface area contributed by atoms with Crippen molar-refractivity contribution in [1.82, 2.24) is 0 Å². The van der Waals surface area contributed by atoms with Gasteiger partial charge < -0.3 is 4.74 Å². The molecule has 1 nitrogen and oxygen atoms in total. The Balaban J connectivity index is 1.89. The van der Waals surface area contributed by atoms with Crippen LogP contribution in [0.3, 0.4) is 0 Å². The van der Waals surface area contributed by atoms with Crippen molar-refractivity contribution < 1.29 is 4.74 Å². The zero-order valence-electron chi connectivity index (χ0n) is 9.16. The largest absolute Gasteiger partial charge is 0.372 e. The Morgan fingerprint density at radius 2 is 1.94 bits per heavy atom. The van der Waals surface area contributed by atoms with E-state index in [0.717, 1.165) is 4.47 Å². The van der Waals surface area contributed by atoms with Crippen LogP contribution < -0.4 is 0 Å². The lowest BCUT2D eigenvalue weighted by Crippen LogP contribution is -2.27. The van der Waals surface area contributed by atoms with Crippen LogP contribution in [-0.2, 0) is 11.3 Å². The van der Waals surface area contributed by atoms with Gasteiger partial charge in [0.2, 0.25) is 0 Å². The molecule has 0 spiro atoms. The SMILES string of the molecule is Brc1ccccc1COC1CCCCC1Br. The Morgan fingerprint density at radius 3 is 2.69 bits per heavy atom. The maximum absolute atomic E-state index is 5.99. The van der Waals surface area contributed by atoms with Gasteiger partial charge >= 0.3 is 0 Å². The smallest absolute Gasteiger partial charge is 0.0732 e. The first-order valence-electron chi connectivity index (χ1n) is 5.76. The van der Waals surface area contributed by atoms with E-state index in [1.165, 1.54) is 31.2 Å². The molecule has 1 aromatic carbocycles. The van der Waals surface area contributed by atoms with Crippen molar-refractivity contribution in [3.8, 4) is 0 Å². The summed E-state index contributed by atoms with van der Waals surface area (Å²) in [5, 5.41) is 0.